The van der Waals surface area contributed by atoms with Gasteiger partial charge in [-0.3, -0.25) is 4.90 Å². The zero-order valence-electron chi connectivity index (χ0n) is 20.2. The third kappa shape index (κ3) is 5.07. The van der Waals surface area contributed by atoms with Crippen molar-refractivity contribution in [3.63, 3.8) is 0 Å². The lowest BCUT2D eigenvalue weighted by Crippen LogP contribution is -2.43. The van der Waals surface area contributed by atoms with Gasteiger partial charge in [0.25, 0.3) is 0 Å². The van der Waals surface area contributed by atoms with Crippen molar-refractivity contribution < 1.29 is 0 Å². The van der Waals surface area contributed by atoms with E-state index in [1.54, 1.807) is 0 Å². The lowest BCUT2D eigenvalue weighted by molar-refractivity contribution is 0.148. The van der Waals surface area contributed by atoms with Gasteiger partial charge in [-0.1, -0.05) is 49.4 Å². The Balaban J connectivity index is 1.22. The number of hydrogen-bond acceptors (Lipinski definition) is 4. The molecule has 2 aliphatic heterocycles. The van der Waals surface area contributed by atoms with Gasteiger partial charge < -0.3 is 10.2 Å². The van der Waals surface area contributed by atoms with Crippen LogP contribution in [0.3, 0.4) is 0 Å². The lowest BCUT2D eigenvalue weighted by atomic mass is 9.68. The largest absolute Gasteiger partial charge is 0.340 e. The number of fused-ring (bicyclic) bond motifs is 1. The molecule has 5 rings (SSSR count). The van der Waals surface area contributed by atoms with Gasteiger partial charge in [0.2, 0.25) is 0 Å². The summed E-state index contributed by atoms with van der Waals surface area (Å²) in [6, 6.07) is 8.86. The standard InChI is InChI=1S/C29H38N4/c1-29-16-15-28(30-21-25(29)11-14-27(29)24-7-5-3-4-6-8-24)31-26-12-9-23(10-13-26)22-33-19-17-32(2)18-20-33/h3-4,9-16,21,24,27H,5-8,17-20,22H2,1-2H3,(H,30,31). The second-order valence-corrected chi connectivity index (χ2v) is 10.4. The Hall–Kier alpha value is -2.43. The van der Waals surface area contributed by atoms with E-state index < -0.39 is 0 Å². The fraction of sp³-hybridized carbons (Fsp3) is 0.483. The van der Waals surface area contributed by atoms with Crippen LogP contribution in [0.15, 0.2) is 77.5 Å². The molecule has 4 heteroatoms. The average molecular weight is 443 g/mol. The molecule has 1 N–H and O–H groups in total. The Labute approximate surface area is 199 Å². The molecule has 33 heavy (non-hydrogen) atoms. The highest BCUT2D eigenvalue weighted by Gasteiger charge is 2.41. The molecule has 2 heterocycles. The smallest absolute Gasteiger partial charge is 0.129 e. The summed E-state index contributed by atoms with van der Waals surface area (Å²) in [4.78, 5) is 9.75. The van der Waals surface area contributed by atoms with E-state index in [2.05, 4.69) is 96.0 Å². The van der Waals surface area contributed by atoms with Crippen LogP contribution in [0.2, 0.25) is 0 Å². The van der Waals surface area contributed by atoms with E-state index in [-0.39, 0.29) is 5.41 Å². The molecule has 4 aliphatic rings. The summed E-state index contributed by atoms with van der Waals surface area (Å²) in [6.07, 6.45) is 21.1. The first-order valence-electron chi connectivity index (χ1n) is 12.7. The molecule has 1 aromatic rings. The topological polar surface area (TPSA) is 30.9 Å². The molecular weight excluding hydrogens is 404 g/mol. The molecule has 2 unspecified atom stereocenters. The van der Waals surface area contributed by atoms with E-state index >= 15 is 0 Å². The molecular formula is C29H38N4. The summed E-state index contributed by atoms with van der Waals surface area (Å²) < 4.78 is 0. The molecule has 0 aromatic heterocycles. The minimum absolute atomic E-state index is 0.0360. The van der Waals surface area contributed by atoms with Gasteiger partial charge >= 0.3 is 0 Å². The average Bonchev–Trinajstić information content (AvgIpc) is 2.99. The predicted octanol–water partition coefficient (Wildman–Crippen LogP) is 5.64. The third-order valence-corrected chi connectivity index (χ3v) is 8.04. The molecule has 1 saturated heterocycles. The van der Waals surface area contributed by atoms with E-state index in [1.807, 2.05) is 0 Å². The number of nitrogens with zero attached hydrogens (tertiary/aromatic N) is 3. The van der Waals surface area contributed by atoms with Gasteiger partial charge in [-0.25, -0.2) is 4.99 Å². The normalized spacial score (nSPS) is 28.7. The van der Waals surface area contributed by atoms with Crippen LogP contribution in [0.5, 0.6) is 0 Å². The van der Waals surface area contributed by atoms with Crippen molar-refractivity contribution in [1.29, 1.82) is 0 Å². The van der Waals surface area contributed by atoms with E-state index in [9.17, 15) is 0 Å². The second-order valence-electron chi connectivity index (χ2n) is 10.4. The van der Waals surface area contributed by atoms with Crippen LogP contribution >= 0.6 is 0 Å². The van der Waals surface area contributed by atoms with Crippen LogP contribution < -0.4 is 5.32 Å². The van der Waals surface area contributed by atoms with Crippen LogP contribution in [0.4, 0.5) is 5.69 Å². The Bertz CT molecular complexity index is 965. The Kier molecular flexibility index (Phi) is 6.66. The first-order valence-corrected chi connectivity index (χ1v) is 12.7. The van der Waals surface area contributed by atoms with Crippen molar-refractivity contribution in [2.45, 2.75) is 39.2 Å². The van der Waals surface area contributed by atoms with Gasteiger partial charge in [-0.05, 0) is 73.9 Å². The van der Waals surface area contributed by atoms with Crippen LogP contribution in [0.25, 0.3) is 0 Å². The molecule has 0 saturated carbocycles. The SMILES string of the molecule is CN1CCN(Cc2ccc(NC3=NC=C4C=CC(C5CCC=CCC5)C4(C)C=C3)cc2)CC1. The van der Waals surface area contributed by atoms with Crippen molar-refractivity contribution in [3.05, 3.63) is 78.1 Å². The molecule has 0 radical (unpaired) electrons. The van der Waals surface area contributed by atoms with Crippen LogP contribution in [0.1, 0.15) is 38.2 Å². The highest BCUT2D eigenvalue weighted by atomic mass is 15.2. The van der Waals surface area contributed by atoms with Crippen molar-refractivity contribution >= 4 is 11.5 Å². The number of piperazine rings is 1. The molecule has 2 aliphatic carbocycles. The first kappa shape index (κ1) is 22.4. The van der Waals surface area contributed by atoms with Crippen LogP contribution in [-0.4, -0.2) is 48.9 Å². The number of allylic oxidation sites excluding steroid dienone is 6. The molecule has 0 spiro atoms. The maximum absolute atomic E-state index is 4.81. The van der Waals surface area contributed by atoms with E-state index in [0.29, 0.717) is 5.92 Å². The third-order valence-electron chi connectivity index (χ3n) is 8.04. The fourth-order valence-corrected chi connectivity index (χ4v) is 5.79. The number of aliphatic imine (C=N–C) groups is 1. The number of hydrogen-bond donors (Lipinski definition) is 1. The highest BCUT2D eigenvalue weighted by molar-refractivity contribution is 6.04. The fourth-order valence-electron chi connectivity index (χ4n) is 5.79. The quantitative estimate of drug-likeness (QED) is 0.613. The monoisotopic (exact) mass is 442 g/mol. The summed E-state index contributed by atoms with van der Waals surface area (Å²) in [5, 5.41) is 3.53. The van der Waals surface area contributed by atoms with Crippen molar-refractivity contribution in [2.24, 2.45) is 22.2 Å². The van der Waals surface area contributed by atoms with Crippen molar-refractivity contribution in [3.8, 4) is 0 Å². The Morgan fingerprint density at radius 2 is 1.73 bits per heavy atom. The minimum atomic E-state index is 0.0360. The van der Waals surface area contributed by atoms with Gasteiger partial charge in [0, 0.05) is 50.0 Å². The maximum Gasteiger partial charge on any atom is 0.129 e. The van der Waals surface area contributed by atoms with E-state index in [0.717, 1.165) is 50.2 Å². The van der Waals surface area contributed by atoms with E-state index in [4.69, 9.17) is 4.99 Å². The molecule has 0 amide bonds. The number of anilines is 1. The molecule has 1 fully saturated rings. The van der Waals surface area contributed by atoms with Crippen molar-refractivity contribution in [1.82, 2.24) is 9.80 Å². The lowest BCUT2D eigenvalue weighted by Gasteiger charge is -2.35. The predicted molar refractivity (Wildman–Crippen MR) is 139 cm³/mol. The van der Waals surface area contributed by atoms with Crippen LogP contribution in [0, 0.1) is 17.3 Å². The van der Waals surface area contributed by atoms with Gasteiger partial charge in [0.15, 0.2) is 0 Å². The van der Waals surface area contributed by atoms with Crippen molar-refractivity contribution in [2.75, 3.05) is 38.5 Å². The van der Waals surface area contributed by atoms with Gasteiger partial charge in [-0.15, -0.1) is 0 Å². The second kappa shape index (κ2) is 9.82. The first-order chi connectivity index (χ1) is 16.1. The summed E-state index contributed by atoms with van der Waals surface area (Å²) in [5.74, 6) is 2.21. The zero-order chi connectivity index (χ0) is 22.7. The van der Waals surface area contributed by atoms with Gasteiger partial charge in [0.1, 0.15) is 5.84 Å². The van der Waals surface area contributed by atoms with Crippen LogP contribution in [-0.2, 0) is 6.54 Å². The zero-order valence-corrected chi connectivity index (χ0v) is 20.2. The number of amidine groups is 1. The molecule has 2 atom stereocenters. The minimum Gasteiger partial charge on any atom is -0.340 e. The number of benzene rings is 1. The molecule has 0 bridgehead atoms. The Morgan fingerprint density at radius 3 is 2.45 bits per heavy atom. The molecule has 174 valence electrons. The van der Waals surface area contributed by atoms with Gasteiger partial charge in [0.05, 0.1) is 0 Å². The highest BCUT2D eigenvalue weighted by Crippen LogP contribution is 2.50. The number of likely N-dealkylation sites (N-methyl/N-ethyl adjacent to an activating group) is 1. The molecule has 4 nitrogen and oxygen atoms in total. The summed E-state index contributed by atoms with van der Waals surface area (Å²) in [7, 11) is 2.21. The van der Waals surface area contributed by atoms with E-state index in [1.165, 1.54) is 36.8 Å². The molecule has 1 aromatic carbocycles. The number of rotatable bonds is 4. The summed E-state index contributed by atoms with van der Waals surface area (Å²) in [5.41, 5.74) is 3.84. The van der Waals surface area contributed by atoms with Gasteiger partial charge in [-0.2, -0.15) is 0 Å². The number of nitrogens with one attached hydrogen (secondary N) is 1. The Morgan fingerprint density at radius 1 is 1.00 bits per heavy atom. The summed E-state index contributed by atoms with van der Waals surface area (Å²) in [6.45, 7) is 8.05. The maximum atomic E-state index is 4.81. The summed E-state index contributed by atoms with van der Waals surface area (Å²) >= 11 is 0.